The van der Waals surface area contributed by atoms with E-state index in [9.17, 15) is 28.1 Å². The van der Waals surface area contributed by atoms with E-state index in [2.05, 4.69) is 4.98 Å². The van der Waals surface area contributed by atoms with Gasteiger partial charge in [0.25, 0.3) is 5.56 Å². The Morgan fingerprint density at radius 3 is 1.83 bits per heavy atom. The number of aromatic nitrogens is 2. The van der Waals surface area contributed by atoms with E-state index in [1.807, 2.05) is 97.9 Å². The molecule has 0 amide bonds. The van der Waals surface area contributed by atoms with Gasteiger partial charge < -0.3 is 9.47 Å². The molecular formula is C36H33N3O8S. The van der Waals surface area contributed by atoms with Gasteiger partial charge in [-0.3, -0.25) is 24.5 Å². The zero-order valence-corrected chi connectivity index (χ0v) is 26.7. The lowest BCUT2D eigenvalue weighted by Crippen LogP contribution is -2.43. The topological polar surface area (TPSA) is 151 Å². The summed E-state index contributed by atoms with van der Waals surface area (Å²) in [5.41, 5.74) is 0.282. The Balaban J connectivity index is 1.52. The second kappa shape index (κ2) is 13.5. The summed E-state index contributed by atoms with van der Waals surface area (Å²) in [6, 6.07) is 35.6. The zero-order valence-electron chi connectivity index (χ0n) is 25.9. The van der Waals surface area contributed by atoms with E-state index >= 15 is 0 Å². The van der Waals surface area contributed by atoms with Crippen LogP contribution in [0.2, 0.25) is 0 Å². The molecule has 0 unspecified atom stereocenters. The van der Waals surface area contributed by atoms with Crippen LogP contribution >= 0.6 is 0 Å². The van der Waals surface area contributed by atoms with Gasteiger partial charge in [0.1, 0.15) is 23.2 Å². The maximum atomic E-state index is 14.5. The SMILES string of the molecule is Cc1ccc(S(=O)(=O)[C@H]2[C@@H](C[N+](=O)[O-])[C@H](n3ccc(=O)[nH]c3=O)O[C@@H]2COC(c2ccccc2)(c2ccccc2)c2ccccc2)cc1. The number of nitro groups is 1. The molecule has 1 saturated heterocycles. The number of aromatic amines is 1. The summed E-state index contributed by atoms with van der Waals surface area (Å²) in [6.07, 6.45) is -1.53. The number of rotatable bonds is 11. The van der Waals surface area contributed by atoms with Gasteiger partial charge in [0.15, 0.2) is 9.84 Å². The minimum atomic E-state index is -4.32. The summed E-state index contributed by atoms with van der Waals surface area (Å²) in [5, 5.41) is 10.6. The van der Waals surface area contributed by atoms with Crippen molar-refractivity contribution in [1.29, 1.82) is 0 Å². The van der Waals surface area contributed by atoms with Gasteiger partial charge in [0.2, 0.25) is 6.54 Å². The Kier molecular flexibility index (Phi) is 9.22. The molecule has 6 rings (SSSR count). The molecule has 11 nitrogen and oxygen atoms in total. The van der Waals surface area contributed by atoms with Crippen LogP contribution in [0, 0.1) is 23.0 Å². The second-order valence-electron chi connectivity index (χ2n) is 11.7. The first-order valence-corrected chi connectivity index (χ1v) is 16.9. The number of hydrogen-bond acceptors (Lipinski definition) is 8. The summed E-state index contributed by atoms with van der Waals surface area (Å²) in [5.74, 6) is -1.33. The number of nitrogens with one attached hydrogen (secondary N) is 1. The number of aryl methyl sites for hydroxylation is 1. The molecule has 1 aliphatic rings. The van der Waals surface area contributed by atoms with Gasteiger partial charge in [-0.1, -0.05) is 109 Å². The normalized spacial score (nSPS) is 19.6. The van der Waals surface area contributed by atoms with Gasteiger partial charge in [0, 0.05) is 17.2 Å². The molecule has 1 aromatic heterocycles. The monoisotopic (exact) mass is 667 g/mol. The molecule has 0 spiro atoms. The average Bonchev–Trinajstić information content (AvgIpc) is 3.44. The number of benzene rings is 4. The number of nitrogens with zero attached hydrogens (tertiary/aromatic N) is 2. The molecule has 48 heavy (non-hydrogen) atoms. The number of sulfone groups is 1. The standard InChI is InChI=1S/C36H33N3O8S/c1-25-17-19-29(20-18-25)48(44,45)33-30(23-39(42)43)34(38-22-21-32(40)37-35(38)41)47-31(33)24-46-36(26-11-5-2-6-12-26,27-13-7-3-8-14-27)28-15-9-4-10-16-28/h2-22,30-31,33-34H,23-24H2,1H3,(H,37,40,41)/t30-,31-,33+,34-/m1/s1. The Labute approximate surface area is 276 Å². The van der Waals surface area contributed by atoms with Crippen LogP contribution in [-0.4, -0.2) is 47.4 Å². The van der Waals surface area contributed by atoms with Crippen LogP contribution in [0.4, 0.5) is 0 Å². The molecule has 1 aliphatic heterocycles. The van der Waals surface area contributed by atoms with E-state index in [-0.39, 0.29) is 11.5 Å². The second-order valence-corrected chi connectivity index (χ2v) is 13.8. The van der Waals surface area contributed by atoms with Crippen molar-refractivity contribution in [1.82, 2.24) is 9.55 Å². The minimum Gasteiger partial charge on any atom is -0.358 e. The third-order valence-corrected chi connectivity index (χ3v) is 11.0. The summed E-state index contributed by atoms with van der Waals surface area (Å²) in [7, 11) is -4.32. The van der Waals surface area contributed by atoms with Crippen molar-refractivity contribution in [2.45, 2.75) is 35.0 Å². The molecule has 4 atom stereocenters. The van der Waals surface area contributed by atoms with E-state index in [4.69, 9.17) is 9.47 Å². The van der Waals surface area contributed by atoms with Crippen molar-refractivity contribution in [3.63, 3.8) is 0 Å². The van der Waals surface area contributed by atoms with Gasteiger partial charge in [-0.05, 0) is 35.7 Å². The summed E-state index contributed by atoms with van der Waals surface area (Å²) in [4.78, 5) is 38.4. The van der Waals surface area contributed by atoms with Crippen molar-refractivity contribution < 1.29 is 22.8 Å². The van der Waals surface area contributed by atoms with Gasteiger partial charge in [-0.15, -0.1) is 0 Å². The van der Waals surface area contributed by atoms with E-state index in [0.717, 1.165) is 39.1 Å². The fourth-order valence-electron chi connectivity index (χ4n) is 6.49. The first kappa shape index (κ1) is 32.8. The Hall–Kier alpha value is -5.17. The van der Waals surface area contributed by atoms with Crippen LogP contribution in [0.25, 0.3) is 0 Å². The first-order valence-electron chi connectivity index (χ1n) is 15.3. The highest BCUT2D eigenvalue weighted by molar-refractivity contribution is 7.92. The van der Waals surface area contributed by atoms with Crippen molar-refractivity contribution in [2.24, 2.45) is 5.92 Å². The molecular weight excluding hydrogens is 634 g/mol. The van der Waals surface area contributed by atoms with Crippen LogP contribution in [-0.2, 0) is 24.9 Å². The molecule has 0 saturated carbocycles. The van der Waals surface area contributed by atoms with Crippen LogP contribution in [0.5, 0.6) is 0 Å². The molecule has 12 heteroatoms. The fraction of sp³-hybridized carbons (Fsp3) is 0.222. The fourth-order valence-corrected chi connectivity index (χ4v) is 8.54. The van der Waals surface area contributed by atoms with Crippen molar-refractivity contribution in [2.75, 3.05) is 13.2 Å². The Bertz CT molecular complexity index is 2010. The third kappa shape index (κ3) is 6.25. The predicted octanol–water partition coefficient (Wildman–Crippen LogP) is 4.49. The van der Waals surface area contributed by atoms with E-state index < -0.39 is 61.7 Å². The summed E-state index contributed by atoms with van der Waals surface area (Å²) in [6.45, 7) is 0.650. The molecule has 1 fully saturated rings. The number of hydrogen-bond donors (Lipinski definition) is 1. The third-order valence-electron chi connectivity index (χ3n) is 8.67. The summed E-state index contributed by atoms with van der Waals surface area (Å²) < 4.78 is 43.3. The van der Waals surface area contributed by atoms with E-state index in [1.54, 1.807) is 12.1 Å². The maximum absolute atomic E-state index is 14.5. The van der Waals surface area contributed by atoms with E-state index in [0.29, 0.717) is 0 Å². The quantitative estimate of drug-likeness (QED) is 0.123. The van der Waals surface area contributed by atoms with E-state index in [1.165, 1.54) is 12.1 Å². The zero-order chi connectivity index (χ0) is 33.9. The van der Waals surface area contributed by atoms with Gasteiger partial charge in [-0.25, -0.2) is 13.2 Å². The number of H-pyrrole nitrogens is 1. The summed E-state index contributed by atoms with van der Waals surface area (Å²) >= 11 is 0. The molecule has 2 heterocycles. The van der Waals surface area contributed by atoms with Crippen molar-refractivity contribution in [3.8, 4) is 0 Å². The lowest BCUT2D eigenvalue weighted by atomic mass is 9.80. The molecule has 246 valence electrons. The smallest absolute Gasteiger partial charge is 0.330 e. The highest BCUT2D eigenvalue weighted by atomic mass is 32.2. The molecule has 4 aromatic carbocycles. The molecule has 0 bridgehead atoms. The molecule has 0 aliphatic carbocycles. The molecule has 1 N–H and O–H groups in total. The molecule has 5 aromatic rings. The largest absolute Gasteiger partial charge is 0.358 e. The maximum Gasteiger partial charge on any atom is 0.330 e. The average molecular weight is 668 g/mol. The first-order chi connectivity index (χ1) is 23.1. The van der Waals surface area contributed by atoms with Crippen molar-refractivity contribution in [3.05, 3.63) is 181 Å². The van der Waals surface area contributed by atoms with Crippen LogP contribution in [0.3, 0.4) is 0 Å². The van der Waals surface area contributed by atoms with Gasteiger partial charge >= 0.3 is 5.69 Å². The van der Waals surface area contributed by atoms with Crippen molar-refractivity contribution >= 4 is 9.84 Å². The minimum absolute atomic E-state index is 0.0463. The molecule has 0 radical (unpaired) electrons. The van der Waals surface area contributed by atoms with Gasteiger partial charge in [0.05, 0.1) is 17.4 Å². The highest BCUT2D eigenvalue weighted by Gasteiger charge is 2.55. The Morgan fingerprint density at radius 1 is 0.833 bits per heavy atom. The number of ether oxygens (including phenoxy) is 2. The Morgan fingerprint density at radius 2 is 1.35 bits per heavy atom. The predicted molar refractivity (Wildman–Crippen MR) is 178 cm³/mol. The van der Waals surface area contributed by atoms with Crippen LogP contribution in [0.1, 0.15) is 28.5 Å². The lowest BCUT2D eigenvalue weighted by molar-refractivity contribution is -0.490. The highest BCUT2D eigenvalue weighted by Crippen LogP contribution is 2.44. The van der Waals surface area contributed by atoms with Crippen LogP contribution in [0.15, 0.2) is 142 Å². The van der Waals surface area contributed by atoms with Crippen LogP contribution < -0.4 is 11.2 Å². The van der Waals surface area contributed by atoms with Gasteiger partial charge in [-0.2, -0.15) is 0 Å². The lowest BCUT2D eigenvalue weighted by Gasteiger charge is -2.37.